The number of para-hydroxylation sites is 2. The van der Waals surface area contributed by atoms with Gasteiger partial charge in [0, 0.05) is 24.2 Å². The molecule has 4 rings (SSSR count). The monoisotopic (exact) mass is 318 g/mol. The fourth-order valence-electron chi connectivity index (χ4n) is 3.67. The number of anilines is 2. The van der Waals surface area contributed by atoms with Crippen LogP contribution in [0, 0.1) is 0 Å². The summed E-state index contributed by atoms with van der Waals surface area (Å²) in [5.74, 6) is -0.135. The Balaban J connectivity index is 1.97. The van der Waals surface area contributed by atoms with Crippen LogP contribution < -0.4 is 9.80 Å². The maximum atomic E-state index is 13.0. The molecule has 4 heteroatoms. The second-order valence-corrected chi connectivity index (χ2v) is 5.88. The fourth-order valence-corrected chi connectivity index (χ4v) is 3.67. The summed E-state index contributed by atoms with van der Waals surface area (Å²) in [4.78, 5) is 30.0. The van der Waals surface area contributed by atoms with Crippen molar-refractivity contribution in [3.63, 3.8) is 0 Å². The van der Waals surface area contributed by atoms with Crippen LogP contribution in [0.1, 0.15) is 34.6 Å². The van der Waals surface area contributed by atoms with E-state index in [1.807, 2.05) is 72.2 Å². The molecule has 0 atom stereocenters. The first-order valence-electron chi connectivity index (χ1n) is 8.25. The van der Waals surface area contributed by atoms with E-state index in [2.05, 4.69) is 0 Å². The Hall–Kier alpha value is -2.88. The molecule has 0 radical (unpaired) electrons. The van der Waals surface area contributed by atoms with E-state index >= 15 is 0 Å². The Bertz CT molecular complexity index is 825. The Morgan fingerprint density at radius 1 is 0.667 bits per heavy atom. The van der Waals surface area contributed by atoms with Crippen molar-refractivity contribution in [2.75, 3.05) is 22.9 Å². The predicted molar refractivity (Wildman–Crippen MR) is 94.6 cm³/mol. The SMILES string of the molecule is CCN1/C(=C2/C(=O)c3ccccc3N2CC)C(=O)c2ccccc21. The van der Waals surface area contributed by atoms with Crippen LogP contribution in [0.3, 0.4) is 0 Å². The molecule has 2 heterocycles. The average molecular weight is 318 g/mol. The molecule has 4 nitrogen and oxygen atoms in total. The third-order valence-electron chi connectivity index (χ3n) is 4.71. The second kappa shape index (κ2) is 5.34. The summed E-state index contributed by atoms with van der Waals surface area (Å²) in [7, 11) is 0. The molecule has 0 saturated heterocycles. The molecule has 2 aliphatic rings. The molecular formula is C20H18N2O2. The number of carbonyl (C=O) groups is 2. The van der Waals surface area contributed by atoms with Crippen molar-refractivity contribution in [2.45, 2.75) is 13.8 Å². The number of rotatable bonds is 2. The van der Waals surface area contributed by atoms with Crippen molar-refractivity contribution in [1.29, 1.82) is 0 Å². The van der Waals surface area contributed by atoms with E-state index in [1.165, 1.54) is 0 Å². The Morgan fingerprint density at radius 2 is 1.04 bits per heavy atom. The summed E-state index contributed by atoms with van der Waals surface area (Å²) in [5, 5.41) is 0. The van der Waals surface area contributed by atoms with Gasteiger partial charge in [0.25, 0.3) is 0 Å². The molecule has 0 amide bonds. The van der Waals surface area contributed by atoms with Crippen molar-refractivity contribution in [2.24, 2.45) is 0 Å². The number of hydrogen-bond acceptors (Lipinski definition) is 4. The third kappa shape index (κ3) is 1.80. The Labute approximate surface area is 141 Å². The molecule has 0 spiro atoms. The van der Waals surface area contributed by atoms with Gasteiger partial charge in [-0.25, -0.2) is 0 Å². The fraction of sp³-hybridized carbons (Fsp3) is 0.200. The van der Waals surface area contributed by atoms with E-state index < -0.39 is 0 Å². The standard InChI is InChI=1S/C20H18N2O2/c1-3-21-15-11-7-5-9-13(15)19(23)17(21)18-20(24)14-10-6-8-12-16(14)22(18)4-2/h5-12H,3-4H2,1-2H3/b18-17-. The van der Waals surface area contributed by atoms with Crippen molar-refractivity contribution in [1.82, 2.24) is 0 Å². The normalized spacial score (nSPS) is 19.1. The molecule has 0 aromatic heterocycles. The number of ketones is 2. The summed E-state index contributed by atoms with van der Waals surface area (Å²) in [6, 6.07) is 15.1. The molecule has 0 unspecified atom stereocenters. The predicted octanol–water partition coefficient (Wildman–Crippen LogP) is 3.64. The zero-order chi connectivity index (χ0) is 16.8. The zero-order valence-corrected chi connectivity index (χ0v) is 13.7. The second-order valence-electron chi connectivity index (χ2n) is 5.88. The van der Waals surface area contributed by atoms with Crippen LogP contribution >= 0.6 is 0 Å². The van der Waals surface area contributed by atoms with Gasteiger partial charge in [-0.15, -0.1) is 0 Å². The largest absolute Gasteiger partial charge is 0.336 e. The van der Waals surface area contributed by atoms with Crippen LogP contribution in [0.5, 0.6) is 0 Å². The van der Waals surface area contributed by atoms with Gasteiger partial charge < -0.3 is 9.80 Å². The lowest BCUT2D eigenvalue weighted by molar-refractivity contribution is 0.100. The summed E-state index contributed by atoms with van der Waals surface area (Å²) in [6.07, 6.45) is 0. The van der Waals surface area contributed by atoms with Gasteiger partial charge in [-0.2, -0.15) is 0 Å². The Morgan fingerprint density at radius 3 is 1.42 bits per heavy atom. The van der Waals surface area contributed by atoms with Crippen LogP contribution in [-0.2, 0) is 0 Å². The molecule has 0 aliphatic carbocycles. The number of Topliss-reactive ketones (excluding diaryl/α,β-unsaturated/α-hetero) is 2. The number of hydrogen-bond donors (Lipinski definition) is 0. The van der Waals surface area contributed by atoms with E-state index in [-0.39, 0.29) is 11.6 Å². The van der Waals surface area contributed by atoms with Gasteiger partial charge in [-0.3, -0.25) is 9.59 Å². The van der Waals surface area contributed by atoms with Crippen LogP contribution in [0.25, 0.3) is 0 Å². The van der Waals surface area contributed by atoms with E-state index in [9.17, 15) is 9.59 Å². The van der Waals surface area contributed by atoms with Crippen LogP contribution in [-0.4, -0.2) is 24.7 Å². The topological polar surface area (TPSA) is 40.6 Å². The molecule has 0 fully saturated rings. The summed E-state index contributed by atoms with van der Waals surface area (Å²) >= 11 is 0. The molecule has 2 aromatic carbocycles. The first-order valence-corrected chi connectivity index (χ1v) is 8.25. The number of nitrogens with zero attached hydrogens (tertiary/aromatic N) is 2. The van der Waals surface area contributed by atoms with Crippen LogP contribution in [0.15, 0.2) is 59.9 Å². The van der Waals surface area contributed by atoms with Crippen LogP contribution in [0.4, 0.5) is 11.4 Å². The minimum Gasteiger partial charge on any atom is -0.336 e. The number of fused-ring (bicyclic) bond motifs is 2. The highest BCUT2D eigenvalue weighted by atomic mass is 16.1. The molecular weight excluding hydrogens is 300 g/mol. The molecule has 2 aromatic rings. The molecule has 0 saturated carbocycles. The quantitative estimate of drug-likeness (QED) is 0.793. The zero-order valence-electron chi connectivity index (χ0n) is 13.7. The molecule has 0 N–H and O–H groups in total. The first-order chi connectivity index (χ1) is 11.7. The Kier molecular flexibility index (Phi) is 3.27. The number of allylic oxidation sites excluding steroid dienone is 2. The smallest absolute Gasteiger partial charge is 0.213 e. The third-order valence-corrected chi connectivity index (χ3v) is 4.71. The van der Waals surface area contributed by atoms with E-state index in [4.69, 9.17) is 0 Å². The molecule has 2 aliphatic heterocycles. The van der Waals surface area contributed by atoms with Gasteiger partial charge in [0.15, 0.2) is 0 Å². The van der Waals surface area contributed by atoms with Gasteiger partial charge in [-0.1, -0.05) is 24.3 Å². The minimum atomic E-state index is -0.0675. The van der Waals surface area contributed by atoms with Gasteiger partial charge >= 0.3 is 0 Å². The summed E-state index contributed by atoms with van der Waals surface area (Å²) in [6.45, 7) is 5.28. The number of likely N-dealkylation sites (N-methyl/N-ethyl adjacent to an activating group) is 2. The maximum absolute atomic E-state index is 13.0. The van der Waals surface area contributed by atoms with E-state index in [0.29, 0.717) is 35.6 Å². The van der Waals surface area contributed by atoms with Crippen molar-refractivity contribution in [3.05, 3.63) is 71.1 Å². The highest BCUT2D eigenvalue weighted by Gasteiger charge is 2.41. The number of carbonyl (C=O) groups excluding carboxylic acids is 2. The van der Waals surface area contributed by atoms with Crippen LogP contribution in [0.2, 0.25) is 0 Å². The highest BCUT2D eigenvalue weighted by molar-refractivity contribution is 6.28. The van der Waals surface area contributed by atoms with E-state index in [0.717, 1.165) is 11.4 Å². The number of benzene rings is 2. The van der Waals surface area contributed by atoms with Gasteiger partial charge in [0.2, 0.25) is 11.6 Å². The molecule has 120 valence electrons. The highest BCUT2D eigenvalue weighted by Crippen LogP contribution is 2.41. The maximum Gasteiger partial charge on any atom is 0.213 e. The molecule has 0 bridgehead atoms. The summed E-state index contributed by atoms with van der Waals surface area (Å²) in [5.41, 5.74) is 4.10. The van der Waals surface area contributed by atoms with Crippen molar-refractivity contribution in [3.8, 4) is 0 Å². The van der Waals surface area contributed by atoms with Crippen molar-refractivity contribution < 1.29 is 9.59 Å². The lowest BCUT2D eigenvalue weighted by Gasteiger charge is -2.24. The lowest BCUT2D eigenvalue weighted by atomic mass is 10.1. The van der Waals surface area contributed by atoms with Crippen molar-refractivity contribution >= 4 is 22.9 Å². The molecule has 24 heavy (non-hydrogen) atoms. The first kappa shape index (κ1) is 14.7. The van der Waals surface area contributed by atoms with E-state index in [1.54, 1.807) is 0 Å². The average Bonchev–Trinajstić information content (AvgIpc) is 3.06. The van der Waals surface area contributed by atoms with Gasteiger partial charge in [0.05, 0.1) is 11.4 Å². The van der Waals surface area contributed by atoms with Gasteiger partial charge in [-0.05, 0) is 38.1 Å². The lowest BCUT2D eigenvalue weighted by Crippen LogP contribution is -2.30. The minimum absolute atomic E-state index is 0.0675. The van der Waals surface area contributed by atoms with Gasteiger partial charge in [0.1, 0.15) is 11.4 Å². The summed E-state index contributed by atoms with van der Waals surface area (Å²) < 4.78 is 0.